The van der Waals surface area contributed by atoms with Gasteiger partial charge in [-0.2, -0.15) is 0 Å². The van der Waals surface area contributed by atoms with Crippen LogP contribution in [0.4, 0.5) is 5.69 Å². The number of hydrogen-bond donors (Lipinski definition) is 1. The molecule has 0 spiro atoms. The van der Waals surface area contributed by atoms with E-state index in [1.807, 2.05) is 0 Å². The lowest BCUT2D eigenvalue weighted by atomic mass is 10.1. The number of sulfone groups is 1. The van der Waals surface area contributed by atoms with Crippen molar-refractivity contribution in [3.05, 3.63) is 40.3 Å². The van der Waals surface area contributed by atoms with E-state index in [1.54, 1.807) is 27.9 Å². The van der Waals surface area contributed by atoms with Crippen molar-refractivity contribution < 1.29 is 27.4 Å². The lowest BCUT2D eigenvalue weighted by molar-refractivity contribution is 0.102. The standard InChI is InChI=1S/C22H27N3O7S/c1-12(2)33(28,29)19-11-16-15(24(3)22(27)25(16)4)10-14(19)23-21(26)13-8-17(30-5)20(32-7)18(9-13)31-6/h8-12H,1-7H3,(H,23,26). The molecule has 0 saturated carbocycles. The van der Waals surface area contributed by atoms with Crippen molar-refractivity contribution >= 4 is 32.5 Å². The molecule has 0 bridgehead atoms. The first-order valence-electron chi connectivity index (χ1n) is 10.0. The van der Waals surface area contributed by atoms with Gasteiger partial charge in [0, 0.05) is 19.7 Å². The Balaban J connectivity index is 2.20. The van der Waals surface area contributed by atoms with Crippen LogP contribution in [0.25, 0.3) is 11.0 Å². The molecule has 0 aliphatic rings. The van der Waals surface area contributed by atoms with Crippen LogP contribution < -0.4 is 25.2 Å². The molecule has 0 saturated heterocycles. The Bertz CT molecular complexity index is 1380. The first kappa shape index (κ1) is 24.2. The quantitative estimate of drug-likeness (QED) is 0.555. The molecule has 1 N–H and O–H groups in total. The summed E-state index contributed by atoms with van der Waals surface area (Å²) < 4.78 is 44.8. The van der Waals surface area contributed by atoms with E-state index in [2.05, 4.69) is 5.32 Å². The molecule has 2 aromatic carbocycles. The highest BCUT2D eigenvalue weighted by Gasteiger charge is 2.27. The van der Waals surface area contributed by atoms with E-state index >= 15 is 0 Å². The molecule has 1 amide bonds. The molecule has 3 aromatic rings. The van der Waals surface area contributed by atoms with Gasteiger partial charge in [0.05, 0.1) is 48.2 Å². The van der Waals surface area contributed by atoms with Crippen LogP contribution in [0, 0.1) is 0 Å². The summed E-state index contributed by atoms with van der Waals surface area (Å²) in [4.78, 5) is 25.5. The number of fused-ring (bicyclic) bond motifs is 1. The number of benzene rings is 2. The summed E-state index contributed by atoms with van der Waals surface area (Å²) in [7, 11) is 3.64. The van der Waals surface area contributed by atoms with Crippen molar-refractivity contribution in [1.82, 2.24) is 9.13 Å². The summed E-state index contributed by atoms with van der Waals surface area (Å²) in [6.45, 7) is 3.10. The molecule has 1 aromatic heterocycles. The number of aromatic nitrogens is 2. The molecule has 0 radical (unpaired) electrons. The predicted molar refractivity (Wildman–Crippen MR) is 125 cm³/mol. The van der Waals surface area contributed by atoms with Gasteiger partial charge in [-0.1, -0.05) is 0 Å². The molecule has 0 unspecified atom stereocenters. The molecule has 0 aliphatic carbocycles. The van der Waals surface area contributed by atoms with Crippen molar-refractivity contribution in [2.45, 2.75) is 24.0 Å². The summed E-state index contributed by atoms with van der Waals surface area (Å²) in [5, 5.41) is 1.94. The normalized spacial score (nSPS) is 11.6. The lowest BCUT2D eigenvalue weighted by Crippen LogP contribution is -2.19. The Morgan fingerprint density at radius 1 is 0.909 bits per heavy atom. The minimum absolute atomic E-state index is 0.0659. The van der Waals surface area contributed by atoms with Crippen LogP contribution in [0.1, 0.15) is 24.2 Å². The van der Waals surface area contributed by atoms with Crippen LogP contribution in [0.2, 0.25) is 0 Å². The maximum absolute atomic E-state index is 13.2. The summed E-state index contributed by atoms with van der Waals surface area (Å²) in [6.07, 6.45) is 0. The summed E-state index contributed by atoms with van der Waals surface area (Å²) in [5.41, 5.74) is 0.833. The third-order valence-corrected chi connectivity index (χ3v) is 7.67. The van der Waals surface area contributed by atoms with Gasteiger partial charge in [-0.15, -0.1) is 0 Å². The third kappa shape index (κ3) is 4.04. The van der Waals surface area contributed by atoms with Gasteiger partial charge in [0.1, 0.15) is 0 Å². The van der Waals surface area contributed by atoms with E-state index < -0.39 is 21.0 Å². The SMILES string of the molecule is COc1cc(C(=O)Nc2cc3c(cc2S(=O)(=O)C(C)C)n(C)c(=O)n3C)cc(OC)c1OC. The lowest BCUT2D eigenvalue weighted by Gasteiger charge is -2.16. The monoisotopic (exact) mass is 477 g/mol. The maximum Gasteiger partial charge on any atom is 0.328 e. The van der Waals surface area contributed by atoms with E-state index in [4.69, 9.17) is 14.2 Å². The zero-order chi connectivity index (χ0) is 24.7. The van der Waals surface area contributed by atoms with E-state index in [0.29, 0.717) is 16.8 Å². The van der Waals surface area contributed by atoms with E-state index in [1.165, 1.54) is 54.7 Å². The van der Waals surface area contributed by atoms with Gasteiger partial charge < -0.3 is 19.5 Å². The number of nitrogens with one attached hydrogen (secondary N) is 1. The molecule has 0 fully saturated rings. The van der Waals surface area contributed by atoms with Crippen molar-refractivity contribution in [2.24, 2.45) is 14.1 Å². The van der Waals surface area contributed by atoms with Crippen molar-refractivity contribution in [3.63, 3.8) is 0 Å². The fourth-order valence-corrected chi connectivity index (χ4v) is 4.72. The topological polar surface area (TPSA) is 118 Å². The van der Waals surface area contributed by atoms with Gasteiger partial charge in [-0.05, 0) is 38.1 Å². The number of methoxy groups -OCH3 is 3. The first-order chi connectivity index (χ1) is 15.5. The molecule has 178 valence electrons. The molecule has 1 heterocycles. The molecule has 33 heavy (non-hydrogen) atoms. The highest BCUT2D eigenvalue weighted by molar-refractivity contribution is 7.92. The summed E-state index contributed by atoms with van der Waals surface area (Å²) in [5.74, 6) is 0.283. The molecule has 10 nitrogen and oxygen atoms in total. The Labute approximate surface area is 191 Å². The van der Waals surface area contributed by atoms with E-state index in [-0.39, 0.29) is 33.3 Å². The first-order valence-corrected chi connectivity index (χ1v) is 11.6. The number of carbonyl (C=O) groups excluding carboxylic acids is 1. The molecule has 0 atom stereocenters. The Morgan fingerprint density at radius 3 is 1.88 bits per heavy atom. The zero-order valence-electron chi connectivity index (χ0n) is 19.5. The van der Waals surface area contributed by atoms with E-state index in [9.17, 15) is 18.0 Å². The number of anilines is 1. The van der Waals surface area contributed by atoms with Gasteiger partial charge in [0.2, 0.25) is 5.75 Å². The fourth-order valence-electron chi connectivity index (χ4n) is 3.52. The van der Waals surface area contributed by atoms with Crippen molar-refractivity contribution in [2.75, 3.05) is 26.6 Å². The predicted octanol–water partition coefficient (Wildman–Crippen LogP) is 2.34. The highest BCUT2D eigenvalue weighted by atomic mass is 32.2. The number of imidazole rings is 1. The third-order valence-electron chi connectivity index (χ3n) is 5.48. The van der Waals surface area contributed by atoms with Crippen LogP contribution in [0.5, 0.6) is 17.2 Å². The van der Waals surface area contributed by atoms with Crippen LogP contribution in [0.15, 0.2) is 34.0 Å². The van der Waals surface area contributed by atoms with Gasteiger partial charge in [-0.3, -0.25) is 13.9 Å². The van der Waals surface area contributed by atoms with Crippen LogP contribution in [0.3, 0.4) is 0 Å². The average molecular weight is 478 g/mol. The second kappa shape index (κ2) is 8.81. The van der Waals surface area contributed by atoms with Crippen LogP contribution in [-0.4, -0.2) is 50.0 Å². The Kier molecular flexibility index (Phi) is 6.46. The van der Waals surface area contributed by atoms with Gasteiger partial charge >= 0.3 is 5.69 Å². The van der Waals surface area contributed by atoms with Gasteiger partial charge in [0.15, 0.2) is 21.3 Å². The summed E-state index contributed by atoms with van der Waals surface area (Å²) >= 11 is 0. The number of hydrogen-bond acceptors (Lipinski definition) is 7. The Morgan fingerprint density at radius 2 is 1.42 bits per heavy atom. The molecule has 3 rings (SSSR count). The van der Waals surface area contributed by atoms with Crippen molar-refractivity contribution in [1.29, 1.82) is 0 Å². The highest BCUT2D eigenvalue weighted by Crippen LogP contribution is 2.38. The molecular weight excluding hydrogens is 450 g/mol. The number of aryl methyl sites for hydroxylation is 2. The zero-order valence-corrected chi connectivity index (χ0v) is 20.4. The number of nitrogens with zero attached hydrogens (tertiary/aromatic N) is 2. The number of carbonyl (C=O) groups is 1. The van der Waals surface area contributed by atoms with Gasteiger partial charge in [0.25, 0.3) is 5.91 Å². The molecular formula is C22H27N3O7S. The molecule has 0 aliphatic heterocycles. The minimum atomic E-state index is -3.79. The number of amides is 1. The second-order valence-electron chi connectivity index (χ2n) is 7.70. The van der Waals surface area contributed by atoms with Crippen molar-refractivity contribution in [3.8, 4) is 17.2 Å². The van der Waals surface area contributed by atoms with Crippen LogP contribution in [-0.2, 0) is 23.9 Å². The number of ether oxygens (including phenoxy) is 3. The summed E-state index contributed by atoms with van der Waals surface area (Å²) in [6, 6.07) is 5.83. The Hall–Kier alpha value is -3.47. The largest absolute Gasteiger partial charge is 0.493 e. The fraction of sp³-hybridized carbons (Fsp3) is 0.364. The average Bonchev–Trinajstić information content (AvgIpc) is 3.00. The van der Waals surface area contributed by atoms with E-state index in [0.717, 1.165) is 0 Å². The molecule has 11 heteroatoms. The number of rotatable bonds is 7. The smallest absolute Gasteiger partial charge is 0.328 e. The maximum atomic E-state index is 13.2. The second-order valence-corrected chi connectivity index (χ2v) is 10.2. The minimum Gasteiger partial charge on any atom is -0.493 e. The van der Waals surface area contributed by atoms with Gasteiger partial charge in [-0.25, -0.2) is 13.2 Å². The van der Waals surface area contributed by atoms with Crippen LogP contribution >= 0.6 is 0 Å².